The Hall–Kier alpha value is -0.930. The van der Waals surface area contributed by atoms with Gasteiger partial charge < -0.3 is 10.1 Å². The van der Waals surface area contributed by atoms with Gasteiger partial charge in [-0.05, 0) is 37.8 Å². The highest BCUT2D eigenvalue weighted by Gasteiger charge is 2.23. The van der Waals surface area contributed by atoms with Gasteiger partial charge in [-0.3, -0.25) is 4.98 Å². The Labute approximate surface area is 97.2 Å². The zero-order valence-electron chi connectivity index (χ0n) is 10.1. The first kappa shape index (κ1) is 11.6. The predicted octanol–water partition coefficient (Wildman–Crippen LogP) is 1.90. The number of nitrogens with zero attached hydrogens (tertiary/aromatic N) is 1. The molecule has 0 aromatic carbocycles. The van der Waals surface area contributed by atoms with Gasteiger partial charge in [-0.1, -0.05) is 6.07 Å². The van der Waals surface area contributed by atoms with E-state index in [1.54, 1.807) is 0 Å². The molecule has 88 valence electrons. The molecule has 1 N–H and O–H groups in total. The lowest BCUT2D eigenvalue weighted by atomic mass is 10.0. The van der Waals surface area contributed by atoms with E-state index in [1.807, 2.05) is 12.3 Å². The molecule has 0 radical (unpaired) electrons. The lowest BCUT2D eigenvalue weighted by Crippen LogP contribution is -2.27. The van der Waals surface area contributed by atoms with Crippen LogP contribution in [0.25, 0.3) is 0 Å². The summed E-state index contributed by atoms with van der Waals surface area (Å²) in [6.45, 7) is 7.06. The second kappa shape index (κ2) is 5.41. The average Bonchev–Trinajstić information content (AvgIpc) is 2.67. The first-order valence-corrected chi connectivity index (χ1v) is 6.00. The molecule has 16 heavy (non-hydrogen) atoms. The molecule has 0 saturated carbocycles. The minimum Gasteiger partial charge on any atom is -0.378 e. The van der Waals surface area contributed by atoms with Gasteiger partial charge in [0, 0.05) is 25.9 Å². The molecular formula is C13H20N2O. The van der Waals surface area contributed by atoms with Crippen molar-refractivity contribution in [1.29, 1.82) is 0 Å². The minimum absolute atomic E-state index is 0.400. The van der Waals surface area contributed by atoms with E-state index in [0.29, 0.717) is 12.0 Å². The van der Waals surface area contributed by atoms with Crippen molar-refractivity contribution in [2.75, 3.05) is 13.2 Å². The number of hydrogen-bond acceptors (Lipinski definition) is 3. The molecule has 1 aliphatic heterocycles. The fourth-order valence-corrected chi connectivity index (χ4v) is 2.12. The summed E-state index contributed by atoms with van der Waals surface area (Å²) in [4.78, 5) is 4.37. The SMILES string of the molecule is Cc1cccnc1CNCC1CCOC1C. The molecule has 0 amide bonds. The molecule has 2 rings (SSSR count). The fraction of sp³-hybridized carbons (Fsp3) is 0.615. The van der Waals surface area contributed by atoms with Crippen LogP contribution >= 0.6 is 0 Å². The number of pyridine rings is 1. The van der Waals surface area contributed by atoms with Crippen molar-refractivity contribution < 1.29 is 4.74 Å². The van der Waals surface area contributed by atoms with E-state index in [1.165, 1.54) is 12.0 Å². The van der Waals surface area contributed by atoms with Gasteiger partial charge >= 0.3 is 0 Å². The van der Waals surface area contributed by atoms with E-state index in [9.17, 15) is 0 Å². The third-order valence-corrected chi connectivity index (χ3v) is 3.35. The standard InChI is InChI=1S/C13H20N2O/c1-10-4-3-6-15-13(10)9-14-8-12-5-7-16-11(12)2/h3-4,6,11-12,14H,5,7-9H2,1-2H3. The third-order valence-electron chi connectivity index (χ3n) is 3.35. The molecule has 1 aromatic heterocycles. The number of nitrogens with one attached hydrogen (secondary N) is 1. The van der Waals surface area contributed by atoms with Crippen LogP contribution in [-0.2, 0) is 11.3 Å². The molecule has 3 nitrogen and oxygen atoms in total. The van der Waals surface area contributed by atoms with Crippen molar-refractivity contribution >= 4 is 0 Å². The number of aryl methyl sites for hydroxylation is 1. The summed E-state index contributed by atoms with van der Waals surface area (Å²) in [6, 6.07) is 4.08. The molecule has 1 fully saturated rings. The summed E-state index contributed by atoms with van der Waals surface area (Å²) in [5.74, 6) is 0.656. The van der Waals surface area contributed by atoms with Crippen LogP contribution in [0.3, 0.4) is 0 Å². The number of aromatic nitrogens is 1. The summed E-state index contributed by atoms with van der Waals surface area (Å²) in [5, 5.41) is 3.47. The summed E-state index contributed by atoms with van der Waals surface area (Å²) in [5.41, 5.74) is 2.40. The Bertz CT molecular complexity index is 340. The Balaban J connectivity index is 1.78. The Kier molecular flexibility index (Phi) is 3.91. The normalized spacial score (nSPS) is 24.9. The smallest absolute Gasteiger partial charge is 0.0588 e. The first-order chi connectivity index (χ1) is 7.77. The molecule has 1 aliphatic rings. The van der Waals surface area contributed by atoms with E-state index < -0.39 is 0 Å². The fourth-order valence-electron chi connectivity index (χ4n) is 2.12. The lowest BCUT2D eigenvalue weighted by Gasteiger charge is -2.14. The van der Waals surface area contributed by atoms with Crippen molar-refractivity contribution in [3.63, 3.8) is 0 Å². The molecular weight excluding hydrogens is 200 g/mol. The van der Waals surface area contributed by atoms with E-state index in [2.05, 4.69) is 30.2 Å². The van der Waals surface area contributed by atoms with Gasteiger partial charge in [-0.25, -0.2) is 0 Å². The zero-order valence-corrected chi connectivity index (χ0v) is 10.1. The third kappa shape index (κ3) is 2.80. The number of rotatable bonds is 4. The quantitative estimate of drug-likeness (QED) is 0.841. The van der Waals surface area contributed by atoms with Crippen molar-refractivity contribution in [3.05, 3.63) is 29.6 Å². The molecule has 0 spiro atoms. The molecule has 1 saturated heterocycles. The summed E-state index contributed by atoms with van der Waals surface area (Å²) < 4.78 is 5.54. The van der Waals surface area contributed by atoms with Gasteiger partial charge in [0.15, 0.2) is 0 Å². The van der Waals surface area contributed by atoms with Crippen LogP contribution in [0.1, 0.15) is 24.6 Å². The molecule has 2 atom stereocenters. The van der Waals surface area contributed by atoms with Gasteiger partial charge in [0.1, 0.15) is 0 Å². The van der Waals surface area contributed by atoms with Crippen LogP contribution in [0.5, 0.6) is 0 Å². The monoisotopic (exact) mass is 220 g/mol. The zero-order chi connectivity index (χ0) is 11.4. The van der Waals surface area contributed by atoms with Gasteiger partial charge in [-0.2, -0.15) is 0 Å². The minimum atomic E-state index is 0.400. The maximum atomic E-state index is 5.54. The average molecular weight is 220 g/mol. The molecule has 0 aliphatic carbocycles. The molecule has 2 heterocycles. The summed E-state index contributed by atoms with van der Waals surface area (Å²) in [7, 11) is 0. The second-order valence-corrected chi connectivity index (χ2v) is 4.52. The highest BCUT2D eigenvalue weighted by molar-refractivity contribution is 5.17. The van der Waals surface area contributed by atoms with Crippen LogP contribution < -0.4 is 5.32 Å². The Morgan fingerprint density at radius 1 is 1.56 bits per heavy atom. The van der Waals surface area contributed by atoms with Crippen LogP contribution in [-0.4, -0.2) is 24.2 Å². The Morgan fingerprint density at radius 3 is 3.12 bits per heavy atom. The van der Waals surface area contributed by atoms with E-state index in [-0.39, 0.29) is 0 Å². The first-order valence-electron chi connectivity index (χ1n) is 6.00. The van der Waals surface area contributed by atoms with Crippen molar-refractivity contribution in [2.24, 2.45) is 5.92 Å². The maximum Gasteiger partial charge on any atom is 0.0588 e. The highest BCUT2D eigenvalue weighted by Crippen LogP contribution is 2.19. The molecule has 2 unspecified atom stereocenters. The Morgan fingerprint density at radius 2 is 2.44 bits per heavy atom. The van der Waals surface area contributed by atoms with Gasteiger partial charge in [0.05, 0.1) is 11.8 Å². The second-order valence-electron chi connectivity index (χ2n) is 4.52. The maximum absolute atomic E-state index is 5.54. The largest absolute Gasteiger partial charge is 0.378 e. The van der Waals surface area contributed by atoms with Crippen molar-refractivity contribution in [1.82, 2.24) is 10.3 Å². The topological polar surface area (TPSA) is 34.2 Å². The van der Waals surface area contributed by atoms with Crippen molar-refractivity contribution in [2.45, 2.75) is 32.9 Å². The van der Waals surface area contributed by atoms with Crippen LogP contribution in [0.4, 0.5) is 0 Å². The predicted molar refractivity (Wildman–Crippen MR) is 64.2 cm³/mol. The lowest BCUT2D eigenvalue weighted by molar-refractivity contribution is 0.105. The van der Waals surface area contributed by atoms with Crippen molar-refractivity contribution in [3.8, 4) is 0 Å². The molecule has 3 heteroatoms. The number of hydrogen-bond donors (Lipinski definition) is 1. The summed E-state index contributed by atoms with van der Waals surface area (Å²) >= 11 is 0. The van der Waals surface area contributed by atoms with E-state index in [0.717, 1.165) is 25.4 Å². The summed E-state index contributed by atoms with van der Waals surface area (Å²) in [6.07, 6.45) is 3.43. The van der Waals surface area contributed by atoms with E-state index >= 15 is 0 Å². The molecule has 0 bridgehead atoms. The van der Waals surface area contributed by atoms with Crippen LogP contribution in [0.2, 0.25) is 0 Å². The van der Waals surface area contributed by atoms with Gasteiger partial charge in [-0.15, -0.1) is 0 Å². The van der Waals surface area contributed by atoms with Crippen LogP contribution in [0, 0.1) is 12.8 Å². The number of ether oxygens (including phenoxy) is 1. The van der Waals surface area contributed by atoms with Gasteiger partial charge in [0.25, 0.3) is 0 Å². The van der Waals surface area contributed by atoms with Crippen LogP contribution in [0.15, 0.2) is 18.3 Å². The molecule has 1 aromatic rings. The van der Waals surface area contributed by atoms with Gasteiger partial charge in [0.2, 0.25) is 0 Å². The highest BCUT2D eigenvalue weighted by atomic mass is 16.5. The van der Waals surface area contributed by atoms with E-state index in [4.69, 9.17) is 4.74 Å².